The van der Waals surface area contributed by atoms with Crippen molar-refractivity contribution >= 4 is 21.6 Å². The number of nitrogen functional groups attached to an aromatic ring is 1. The molecule has 1 aromatic rings. The standard InChI is InChI=1S/C9H15N3O2S/c1-11(2)15(13,14)12(3)9-6-4-8(10)5-7-9/h4-7H,10H2,1-3H3. The van der Waals surface area contributed by atoms with Gasteiger partial charge < -0.3 is 5.73 Å². The lowest BCUT2D eigenvalue weighted by Gasteiger charge is -2.23. The molecule has 0 aliphatic heterocycles. The molecule has 0 aromatic heterocycles. The molecule has 5 nitrogen and oxygen atoms in total. The molecule has 0 atom stereocenters. The molecule has 0 aliphatic rings. The van der Waals surface area contributed by atoms with Gasteiger partial charge in [-0.05, 0) is 24.3 Å². The topological polar surface area (TPSA) is 66.6 Å². The van der Waals surface area contributed by atoms with E-state index in [1.54, 1.807) is 24.3 Å². The highest BCUT2D eigenvalue weighted by Gasteiger charge is 2.20. The van der Waals surface area contributed by atoms with Crippen molar-refractivity contribution in [2.24, 2.45) is 0 Å². The molecule has 1 rings (SSSR count). The van der Waals surface area contributed by atoms with E-state index < -0.39 is 10.2 Å². The highest BCUT2D eigenvalue weighted by atomic mass is 32.2. The minimum Gasteiger partial charge on any atom is -0.399 e. The third-order valence-electron chi connectivity index (χ3n) is 2.06. The molecule has 0 saturated heterocycles. The molecule has 0 radical (unpaired) electrons. The number of hydrogen-bond acceptors (Lipinski definition) is 3. The van der Waals surface area contributed by atoms with Gasteiger partial charge in [0, 0.05) is 26.8 Å². The third kappa shape index (κ3) is 2.40. The van der Waals surface area contributed by atoms with Crippen molar-refractivity contribution in [2.45, 2.75) is 0 Å². The van der Waals surface area contributed by atoms with E-state index in [0.717, 1.165) is 4.31 Å². The summed E-state index contributed by atoms with van der Waals surface area (Å²) in [7, 11) is 1.06. The van der Waals surface area contributed by atoms with E-state index in [-0.39, 0.29) is 0 Å². The summed E-state index contributed by atoms with van der Waals surface area (Å²) in [5, 5.41) is 0. The summed E-state index contributed by atoms with van der Waals surface area (Å²) in [6.45, 7) is 0. The Morgan fingerprint density at radius 2 is 1.53 bits per heavy atom. The van der Waals surface area contributed by atoms with Gasteiger partial charge in [0.25, 0.3) is 0 Å². The van der Waals surface area contributed by atoms with Gasteiger partial charge in [-0.2, -0.15) is 12.7 Å². The first-order chi connectivity index (χ1) is 6.85. The fourth-order valence-corrected chi connectivity index (χ4v) is 1.94. The van der Waals surface area contributed by atoms with Gasteiger partial charge in [0.1, 0.15) is 0 Å². The fourth-order valence-electron chi connectivity index (χ4n) is 1.06. The number of nitrogens with two attached hydrogens (primary N) is 1. The van der Waals surface area contributed by atoms with Crippen LogP contribution in [0.15, 0.2) is 24.3 Å². The zero-order valence-electron chi connectivity index (χ0n) is 9.01. The van der Waals surface area contributed by atoms with Crippen LogP contribution in [0.25, 0.3) is 0 Å². The van der Waals surface area contributed by atoms with E-state index in [2.05, 4.69) is 0 Å². The molecular formula is C9H15N3O2S. The van der Waals surface area contributed by atoms with Gasteiger partial charge in [-0.1, -0.05) is 0 Å². The van der Waals surface area contributed by atoms with Crippen LogP contribution in [0.5, 0.6) is 0 Å². The zero-order valence-corrected chi connectivity index (χ0v) is 9.82. The lowest BCUT2D eigenvalue weighted by molar-refractivity contribution is 0.519. The first-order valence-electron chi connectivity index (χ1n) is 4.37. The number of anilines is 2. The number of nitrogens with zero attached hydrogens (tertiary/aromatic N) is 2. The number of rotatable bonds is 3. The van der Waals surface area contributed by atoms with Crippen LogP contribution in [0.2, 0.25) is 0 Å². The molecule has 0 saturated carbocycles. The smallest absolute Gasteiger partial charge is 0.303 e. The van der Waals surface area contributed by atoms with Gasteiger partial charge in [0.05, 0.1) is 5.69 Å². The minimum atomic E-state index is -3.42. The van der Waals surface area contributed by atoms with Gasteiger partial charge in [-0.3, -0.25) is 4.31 Å². The molecule has 0 heterocycles. The highest BCUT2D eigenvalue weighted by Crippen LogP contribution is 2.18. The molecule has 15 heavy (non-hydrogen) atoms. The maximum Gasteiger partial charge on any atom is 0.303 e. The van der Waals surface area contributed by atoms with E-state index in [9.17, 15) is 8.42 Å². The predicted octanol–water partition coefficient (Wildman–Crippen LogP) is 0.511. The maximum absolute atomic E-state index is 11.7. The molecule has 0 unspecified atom stereocenters. The van der Waals surface area contributed by atoms with Crippen LogP contribution in [-0.2, 0) is 10.2 Å². The third-order valence-corrected chi connectivity index (χ3v) is 3.89. The van der Waals surface area contributed by atoms with Crippen molar-refractivity contribution in [3.63, 3.8) is 0 Å². The largest absolute Gasteiger partial charge is 0.399 e. The van der Waals surface area contributed by atoms with E-state index in [4.69, 9.17) is 5.73 Å². The highest BCUT2D eigenvalue weighted by molar-refractivity contribution is 7.90. The molecule has 0 bridgehead atoms. The SMILES string of the molecule is CN(C)S(=O)(=O)N(C)c1ccc(N)cc1. The summed E-state index contributed by atoms with van der Waals surface area (Å²) in [5.41, 5.74) is 6.70. The minimum absolute atomic E-state index is 0.581. The monoisotopic (exact) mass is 229 g/mol. The molecule has 0 fully saturated rings. The van der Waals surface area contributed by atoms with Crippen molar-refractivity contribution in [1.29, 1.82) is 0 Å². The predicted molar refractivity (Wildman–Crippen MR) is 61.9 cm³/mol. The molecule has 2 N–H and O–H groups in total. The molecule has 0 spiro atoms. The zero-order chi connectivity index (χ0) is 11.6. The van der Waals surface area contributed by atoms with Crippen LogP contribution < -0.4 is 10.0 Å². The normalized spacial score (nSPS) is 11.7. The second kappa shape index (κ2) is 4.08. The van der Waals surface area contributed by atoms with Gasteiger partial charge in [0.15, 0.2) is 0 Å². The Labute approximate surface area is 90.3 Å². The van der Waals surface area contributed by atoms with Crippen LogP contribution in [-0.4, -0.2) is 33.9 Å². The Balaban J connectivity index is 3.05. The summed E-state index contributed by atoms with van der Waals surface area (Å²) in [5.74, 6) is 0. The average molecular weight is 229 g/mol. The molecule has 6 heteroatoms. The van der Waals surface area contributed by atoms with E-state index >= 15 is 0 Å². The van der Waals surface area contributed by atoms with Gasteiger partial charge in [-0.15, -0.1) is 0 Å². The van der Waals surface area contributed by atoms with Crippen LogP contribution in [0.4, 0.5) is 11.4 Å². The lowest BCUT2D eigenvalue weighted by Crippen LogP contribution is -2.37. The van der Waals surface area contributed by atoms with Crippen molar-refractivity contribution in [1.82, 2.24) is 4.31 Å². The Bertz CT molecular complexity index is 425. The molecule has 0 amide bonds. The summed E-state index contributed by atoms with van der Waals surface area (Å²) in [6.07, 6.45) is 0. The number of hydrogen-bond donors (Lipinski definition) is 1. The van der Waals surface area contributed by atoms with E-state index in [1.807, 2.05) is 0 Å². The second-order valence-electron chi connectivity index (χ2n) is 3.35. The van der Waals surface area contributed by atoms with Crippen LogP contribution in [0.3, 0.4) is 0 Å². The van der Waals surface area contributed by atoms with Crippen LogP contribution in [0.1, 0.15) is 0 Å². The van der Waals surface area contributed by atoms with Gasteiger partial charge in [0.2, 0.25) is 0 Å². The van der Waals surface area contributed by atoms with E-state index in [1.165, 1.54) is 25.4 Å². The lowest BCUT2D eigenvalue weighted by atomic mass is 10.3. The van der Waals surface area contributed by atoms with Gasteiger partial charge >= 0.3 is 10.2 Å². The Morgan fingerprint density at radius 1 is 1.07 bits per heavy atom. The summed E-state index contributed by atoms with van der Waals surface area (Å²) >= 11 is 0. The van der Waals surface area contributed by atoms with Gasteiger partial charge in [-0.25, -0.2) is 0 Å². The molecule has 84 valence electrons. The second-order valence-corrected chi connectivity index (χ2v) is 5.52. The Kier molecular flexibility index (Phi) is 3.21. The summed E-state index contributed by atoms with van der Waals surface area (Å²) < 4.78 is 25.8. The molecular weight excluding hydrogens is 214 g/mol. The van der Waals surface area contributed by atoms with Crippen molar-refractivity contribution in [3.05, 3.63) is 24.3 Å². The fraction of sp³-hybridized carbons (Fsp3) is 0.333. The van der Waals surface area contributed by atoms with Crippen molar-refractivity contribution < 1.29 is 8.42 Å². The van der Waals surface area contributed by atoms with E-state index in [0.29, 0.717) is 11.4 Å². The summed E-state index contributed by atoms with van der Waals surface area (Å²) in [4.78, 5) is 0. The summed E-state index contributed by atoms with van der Waals surface area (Å²) in [6, 6.07) is 6.65. The first kappa shape index (κ1) is 11.8. The molecule has 0 aliphatic carbocycles. The average Bonchev–Trinajstić information content (AvgIpc) is 2.17. The Morgan fingerprint density at radius 3 is 1.93 bits per heavy atom. The number of benzene rings is 1. The first-order valence-corrected chi connectivity index (χ1v) is 5.77. The van der Waals surface area contributed by atoms with Crippen LogP contribution >= 0.6 is 0 Å². The quantitative estimate of drug-likeness (QED) is 0.768. The maximum atomic E-state index is 11.7. The molecule has 1 aromatic carbocycles. The van der Waals surface area contributed by atoms with Crippen molar-refractivity contribution in [3.8, 4) is 0 Å². The Hall–Kier alpha value is -1.27. The van der Waals surface area contributed by atoms with Crippen LogP contribution in [0, 0.1) is 0 Å². The van der Waals surface area contributed by atoms with Crippen molar-refractivity contribution in [2.75, 3.05) is 31.2 Å².